The zero-order chi connectivity index (χ0) is 14.6. The molecule has 0 spiro atoms. The molecule has 0 aromatic heterocycles. The van der Waals surface area contributed by atoms with Gasteiger partial charge in [0, 0.05) is 23.1 Å². The number of hydrogen-bond acceptors (Lipinski definition) is 1. The van der Waals surface area contributed by atoms with Crippen LogP contribution in [-0.4, -0.2) is 24.0 Å². The molecule has 0 aliphatic heterocycles. The van der Waals surface area contributed by atoms with Crippen LogP contribution in [0.25, 0.3) is 0 Å². The Balaban J connectivity index is 2.94. The average Bonchev–Trinajstić information content (AvgIpc) is 2.29. The Bertz CT molecular complexity index is 457. The summed E-state index contributed by atoms with van der Waals surface area (Å²) in [6, 6.07) is 5.20. The minimum atomic E-state index is -0.554. The molecule has 5 heteroatoms. The molecular weight excluding hydrogens is 283 g/mol. The highest BCUT2D eigenvalue weighted by atomic mass is 35.5. The van der Waals surface area contributed by atoms with Crippen LogP contribution in [0.5, 0.6) is 0 Å². The Morgan fingerprint density at radius 1 is 1.26 bits per heavy atom. The van der Waals surface area contributed by atoms with Crippen molar-refractivity contribution < 1.29 is 4.79 Å². The predicted octanol–water partition coefficient (Wildman–Crippen LogP) is 4.28. The second-order valence-corrected chi connectivity index (χ2v) is 5.70. The molecule has 1 rings (SSSR count). The van der Waals surface area contributed by atoms with E-state index in [9.17, 15) is 4.79 Å². The van der Waals surface area contributed by atoms with E-state index in [4.69, 9.17) is 23.2 Å². The Hall–Kier alpha value is -0.930. The Morgan fingerprint density at radius 3 is 2.32 bits per heavy atom. The van der Waals surface area contributed by atoms with E-state index < -0.39 is 5.54 Å². The van der Waals surface area contributed by atoms with Crippen molar-refractivity contribution in [2.75, 3.05) is 13.1 Å². The van der Waals surface area contributed by atoms with Crippen molar-refractivity contribution >= 4 is 29.2 Å². The number of benzene rings is 1. The first kappa shape index (κ1) is 16.1. The molecule has 106 valence electrons. The minimum Gasteiger partial charge on any atom is -0.329 e. The number of urea groups is 1. The van der Waals surface area contributed by atoms with E-state index in [1.165, 1.54) is 0 Å². The highest BCUT2D eigenvalue weighted by molar-refractivity contribution is 6.35. The molecule has 0 atom stereocenters. The summed E-state index contributed by atoms with van der Waals surface area (Å²) in [4.78, 5) is 13.8. The van der Waals surface area contributed by atoms with E-state index in [0.717, 1.165) is 5.56 Å². The summed E-state index contributed by atoms with van der Waals surface area (Å²) in [5, 5.41) is 4.13. The van der Waals surface area contributed by atoms with Crippen LogP contribution in [0.2, 0.25) is 10.0 Å². The summed E-state index contributed by atoms with van der Waals surface area (Å²) in [5.41, 5.74) is 0.292. The summed E-state index contributed by atoms with van der Waals surface area (Å²) in [6.45, 7) is 9.09. The van der Waals surface area contributed by atoms with Crippen molar-refractivity contribution in [1.82, 2.24) is 10.2 Å². The lowest BCUT2D eigenvalue weighted by Gasteiger charge is -2.31. The van der Waals surface area contributed by atoms with Gasteiger partial charge in [-0.2, -0.15) is 0 Å². The van der Waals surface area contributed by atoms with Crippen molar-refractivity contribution in [2.24, 2.45) is 0 Å². The number of nitrogens with zero attached hydrogens (tertiary/aromatic N) is 1. The van der Waals surface area contributed by atoms with Gasteiger partial charge < -0.3 is 10.2 Å². The smallest absolute Gasteiger partial charge is 0.318 e. The monoisotopic (exact) mass is 302 g/mol. The van der Waals surface area contributed by atoms with Crippen molar-refractivity contribution in [3.05, 3.63) is 33.8 Å². The molecule has 0 bridgehead atoms. The van der Waals surface area contributed by atoms with Gasteiger partial charge in [0.15, 0.2) is 0 Å². The number of halogens is 2. The van der Waals surface area contributed by atoms with E-state index in [2.05, 4.69) is 5.32 Å². The first-order valence-corrected chi connectivity index (χ1v) is 7.10. The maximum Gasteiger partial charge on any atom is 0.318 e. The fourth-order valence-electron chi connectivity index (χ4n) is 1.92. The normalized spacial score (nSPS) is 11.3. The number of carbonyl (C=O) groups excluding carboxylic acids is 1. The van der Waals surface area contributed by atoms with E-state index in [1.54, 1.807) is 17.0 Å². The molecule has 0 heterocycles. The Morgan fingerprint density at radius 2 is 1.84 bits per heavy atom. The first-order chi connectivity index (χ1) is 8.81. The molecule has 1 aromatic carbocycles. The second kappa shape index (κ2) is 6.49. The van der Waals surface area contributed by atoms with Gasteiger partial charge in [0.1, 0.15) is 0 Å². The van der Waals surface area contributed by atoms with Crippen LogP contribution in [0, 0.1) is 0 Å². The molecule has 0 unspecified atom stereocenters. The van der Waals surface area contributed by atoms with E-state index in [-0.39, 0.29) is 6.03 Å². The molecule has 0 saturated carbocycles. The fourth-order valence-corrected chi connectivity index (χ4v) is 2.57. The number of amides is 2. The largest absolute Gasteiger partial charge is 0.329 e. The second-order valence-electron chi connectivity index (χ2n) is 4.85. The molecule has 3 nitrogen and oxygen atoms in total. The number of hydrogen-bond donors (Lipinski definition) is 1. The lowest BCUT2D eigenvalue weighted by Crippen LogP contribution is -2.48. The Labute approximate surface area is 124 Å². The summed E-state index contributed by atoms with van der Waals surface area (Å²) >= 11 is 12.1. The van der Waals surface area contributed by atoms with Gasteiger partial charge in [-0.3, -0.25) is 0 Å². The van der Waals surface area contributed by atoms with Gasteiger partial charge >= 0.3 is 6.03 Å². The molecule has 1 aromatic rings. The third-order valence-electron chi connectivity index (χ3n) is 3.07. The molecule has 0 aliphatic rings. The lowest BCUT2D eigenvalue weighted by atomic mass is 9.94. The number of rotatable bonds is 4. The van der Waals surface area contributed by atoms with Crippen molar-refractivity contribution in [1.29, 1.82) is 0 Å². The minimum absolute atomic E-state index is 0.0963. The predicted molar refractivity (Wildman–Crippen MR) is 80.9 cm³/mol. The highest BCUT2D eigenvalue weighted by Crippen LogP contribution is 2.30. The van der Waals surface area contributed by atoms with Crippen LogP contribution in [0.4, 0.5) is 4.79 Å². The number of nitrogens with one attached hydrogen (secondary N) is 1. The van der Waals surface area contributed by atoms with Gasteiger partial charge in [0.2, 0.25) is 0 Å². The molecule has 0 saturated heterocycles. The van der Waals surface area contributed by atoms with Crippen molar-refractivity contribution in [3.63, 3.8) is 0 Å². The average molecular weight is 303 g/mol. The van der Waals surface area contributed by atoms with E-state index in [1.807, 2.05) is 33.8 Å². The zero-order valence-corrected chi connectivity index (χ0v) is 13.3. The highest BCUT2D eigenvalue weighted by Gasteiger charge is 2.26. The van der Waals surface area contributed by atoms with E-state index in [0.29, 0.717) is 23.1 Å². The molecular formula is C14H20Cl2N2O. The third kappa shape index (κ3) is 4.02. The summed E-state index contributed by atoms with van der Waals surface area (Å²) in [7, 11) is 0. The molecule has 19 heavy (non-hydrogen) atoms. The zero-order valence-electron chi connectivity index (χ0n) is 11.8. The van der Waals surface area contributed by atoms with Crippen molar-refractivity contribution in [2.45, 2.75) is 33.2 Å². The molecule has 0 radical (unpaired) electrons. The van der Waals surface area contributed by atoms with Crippen LogP contribution in [0.15, 0.2) is 18.2 Å². The molecule has 1 N–H and O–H groups in total. The van der Waals surface area contributed by atoms with Gasteiger partial charge in [-0.1, -0.05) is 29.3 Å². The fraction of sp³-hybridized carbons (Fsp3) is 0.500. The standard InChI is InChI=1S/C14H20Cl2N2O/c1-5-18(6-2)13(19)17-14(3,4)11-8-7-10(15)9-12(11)16/h7-9H,5-6H2,1-4H3,(H,17,19). The SMILES string of the molecule is CCN(CC)C(=O)NC(C)(C)c1ccc(Cl)cc1Cl. The van der Waals surface area contributed by atoms with Crippen LogP contribution < -0.4 is 5.32 Å². The Kier molecular flexibility index (Phi) is 5.50. The molecule has 0 aliphatic carbocycles. The number of carbonyl (C=O) groups is 1. The third-order valence-corrected chi connectivity index (χ3v) is 3.62. The van der Waals surface area contributed by atoms with Crippen LogP contribution in [0.1, 0.15) is 33.3 Å². The molecule has 0 fully saturated rings. The summed E-state index contributed by atoms with van der Waals surface area (Å²) in [6.07, 6.45) is 0. The summed E-state index contributed by atoms with van der Waals surface area (Å²) in [5.74, 6) is 0. The maximum atomic E-state index is 12.1. The quantitative estimate of drug-likeness (QED) is 0.884. The van der Waals surface area contributed by atoms with Crippen LogP contribution in [-0.2, 0) is 5.54 Å². The van der Waals surface area contributed by atoms with Gasteiger partial charge in [0.25, 0.3) is 0 Å². The van der Waals surface area contributed by atoms with E-state index >= 15 is 0 Å². The van der Waals surface area contributed by atoms with Gasteiger partial charge in [-0.15, -0.1) is 0 Å². The van der Waals surface area contributed by atoms with Gasteiger partial charge in [0.05, 0.1) is 5.54 Å². The van der Waals surface area contributed by atoms with Gasteiger partial charge in [-0.25, -0.2) is 4.79 Å². The van der Waals surface area contributed by atoms with Crippen molar-refractivity contribution in [3.8, 4) is 0 Å². The molecule has 2 amide bonds. The first-order valence-electron chi connectivity index (χ1n) is 6.34. The topological polar surface area (TPSA) is 32.3 Å². The lowest BCUT2D eigenvalue weighted by molar-refractivity contribution is 0.192. The summed E-state index contributed by atoms with van der Waals surface area (Å²) < 4.78 is 0. The van der Waals surface area contributed by atoms with Crippen LogP contribution in [0.3, 0.4) is 0 Å². The van der Waals surface area contributed by atoms with Gasteiger partial charge in [-0.05, 0) is 45.4 Å². The van der Waals surface area contributed by atoms with Crippen LogP contribution >= 0.6 is 23.2 Å². The maximum absolute atomic E-state index is 12.1.